The van der Waals surface area contributed by atoms with E-state index >= 15 is 0 Å². The van der Waals surface area contributed by atoms with E-state index in [4.69, 9.17) is 4.74 Å². The number of carbonyl (C=O) groups is 2. The van der Waals surface area contributed by atoms with Crippen molar-refractivity contribution >= 4 is 39.7 Å². The number of ether oxygens (including phenoxy) is 1. The highest BCUT2D eigenvalue weighted by Crippen LogP contribution is 2.21. The Morgan fingerprint density at radius 1 is 1.17 bits per heavy atom. The lowest BCUT2D eigenvalue weighted by Gasteiger charge is -2.06. The number of esters is 1. The topological polar surface area (TPSA) is 65.0 Å². The quantitative estimate of drug-likeness (QED) is 0.346. The minimum atomic E-state index is -0.475. The number of nitrogens with zero attached hydrogens (tertiary/aromatic N) is 1. The molecule has 2 aromatic rings. The first-order valence-corrected chi connectivity index (χ1v) is 7.88. The molecule has 0 aromatic heterocycles. The van der Waals surface area contributed by atoms with Gasteiger partial charge in [-0.3, -0.25) is 0 Å². The first-order valence-electron chi connectivity index (χ1n) is 7.09. The van der Waals surface area contributed by atoms with Gasteiger partial charge in [0.05, 0.1) is 16.8 Å². The Hall–Kier alpha value is -2.73. The smallest absolute Gasteiger partial charge is 0.367 e. The van der Waals surface area contributed by atoms with Gasteiger partial charge in [0.15, 0.2) is 0 Å². The zero-order valence-corrected chi connectivity index (χ0v) is 14.2. The van der Waals surface area contributed by atoms with Crippen LogP contribution in [-0.2, 0) is 9.63 Å². The Morgan fingerprint density at radius 3 is 2.50 bits per heavy atom. The second-order valence-corrected chi connectivity index (χ2v) is 5.91. The van der Waals surface area contributed by atoms with Crippen molar-refractivity contribution in [1.82, 2.24) is 0 Å². The summed E-state index contributed by atoms with van der Waals surface area (Å²) in [6.07, 6.45) is 1.67. The van der Waals surface area contributed by atoms with Gasteiger partial charge < -0.3 is 9.57 Å². The SMILES string of the molecule is CC1=NOC(=O)C1=Cc1ccc(OC(=O)c2ccccc2Br)cc1. The first-order chi connectivity index (χ1) is 11.5. The second kappa shape index (κ2) is 6.80. The zero-order valence-electron chi connectivity index (χ0n) is 12.7. The lowest BCUT2D eigenvalue weighted by atomic mass is 10.1. The van der Waals surface area contributed by atoms with E-state index in [0.717, 1.165) is 5.56 Å². The molecule has 0 N–H and O–H groups in total. The van der Waals surface area contributed by atoms with E-state index in [9.17, 15) is 9.59 Å². The van der Waals surface area contributed by atoms with Gasteiger partial charge >= 0.3 is 11.9 Å². The molecular formula is C18H12BrNO4. The van der Waals surface area contributed by atoms with Crippen LogP contribution < -0.4 is 4.74 Å². The van der Waals surface area contributed by atoms with Crippen molar-refractivity contribution in [3.63, 3.8) is 0 Å². The van der Waals surface area contributed by atoms with Crippen LogP contribution in [0.3, 0.4) is 0 Å². The van der Waals surface area contributed by atoms with E-state index in [0.29, 0.717) is 27.1 Å². The maximum Gasteiger partial charge on any atom is 0.367 e. The van der Waals surface area contributed by atoms with Gasteiger partial charge in [-0.2, -0.15) is 0 Å². The highest BCUT2D eigenvalue weighted by Gasteiger charge is 2.21. The number of halogens is 1. The molecule has 0 saturated carbocycles. The molecule has 3 rings (SSSR count). The molecule has 24 heavy (non-hydrogen) atoms. The van der Waals surface area contributed by atoms with Crippen LogP contribution >= 0.6 is 15.9 Å². The van der Waals surface area contributed by atoms with Gasteiger partial charge in [0.1, 0.15) is 5.75 Å². The number of hydrogen-bond donors (Lipinski definition) is 0. The molecule has 6 heteroatoms. The minimum Gasteiger partial charge on any atom is -0.423 e. The zero-order chi connectivity index (χ0) is 17.1. The maximum absolute atomic E-state index is 12.1. The van der Waals surface area contributed by atoms with Crippen LogP contribution in [0.25, 0.3) is 6.08 Å². The monoisotopic (exact) mass is 385 g/mol. The van der Waals surface area contributed by atoms with Crippen LogP contribution in [0.5, 0.6) is 5.75 Å². The average Bonchev–Trinajstić information content (AvgIpc) is 2.89. The summed E-state index contributed by atoms with van der Waals surface area (Å²) in [5.74, 6) is -0.509. The van der Waals surface area contributed by atoms with E-state index in [-0.39, 0.29) is 0 Å². The van der Waals surface area contributed by atoms with Crippen LogP contribution in [0.15, 0.2) is 63.7 Å². The Morgan fingerprint density at radius 2 is 1.88 bits per heavy atom. The van der Waals surface area contributed by atoms with Crippen molar-refractivity contribution < 1.29 is 19.2 Å². The summed E-state index contributed by atoms with van der Waals surface area (Å²) in [6, 6.07) is 13.9. The molecule has 0 amide bonds. The van der Waals surface area contributed by atoms with Gasteiger partial charge in [0.25, 0.3) is 0 Å². The molecule has 0 radical (unpaired) electrons. The summed E-state index contributed by atoms with van der Waals surface area (Å²) in [5.41, 5.74) is 2.17. The van der Waals surface area contributed by atoms with Crippen molar-refractivity contribution in [3.05, 3.63) is 69.7 Å². The van der Waals surface area contributed by atoms with E-state index in [2.05, 4.69) is 25.9 Å². The van der Waals surface area contributed by atoms with Gasteiger partial charge in [0, 0.05) is 4.47 Å². The highest BCUT2D eigenvalue weighted by molar-refractivity contribution is 9.10. The molecular weight excluding hydrogens is 374 g/mol. The Balaban J connectivity index is 1.75. The van der Waals surface area contributed by atoms with Crippen molar-refractivity contribution in [2.24, 2.45) is 5.16 Å². The molecule has 0 saturated heterocycles. The van der Waals surface area contributed by atoms with E-state index < -0.39 is 11.9 Å². The Bertz CT molecular complexity index is 869. The Kier molecular flexibility index (Phi) is 4.57. The standard InChI is InChI=1S/C18H12BrNO4/c1-11-15(18(22)24-20-11)10-12-6-8-13(9-7-12)23-17(21)14-4-2-3-5-16(14)19/h2-10H,1H3. The molecule has 1 aliphatic heterocycles. The highest BCUT2D eigenvalue weighted by atomic mass is 79.9. The number of carbonyl (C=O) groups excluding carboxylic acids is 2. The summed E-state index contributed by atoms with van der Waals surface area (Å²) in [4.78, 5) is 28.2. The predicted molar refractivity (Wildman–Crippen MR) is 92.7 cm³/mol. The molecule has 0 aliphatic carbocycles. The molecule has 0 atom stereocenters. The average molecular weight is 386 g/mol. The number of hydrogen-bond acceptors (Lipinski definition) is 5. The number of oxime groups is 1. The Labute approximate surface area is 146 Å². The summed E-state index contributed by atoms with van der Waals surface area (Å²) in [6.45, 7) is 1.70. The summed E-state index contributed by atoms with van der Waals surface area (Å²) >= 11 is 3.32. The van der Waals surface area contributed by atoms with E-state index in [1.165, 1.54) is 0 Å². The first kappa shape index (κ1) is 16.1. The van der Waals surface area contributed by atoms with Gasteiger partial charge in [-0.25, -0.2) is 9.59 Å². The van der Waals surface area contributed by atoms with Crippen LogP contribution in [0.4, 0.5) is 0 Å². The molecule has 1 heterocycles. The van der Waals surface area contributed by atoms with Crippen molar-refractivity contribution in [1.29, 1.82) is 0 Å². The van der Waals surface area contributed by atoms with Crippen molar-refractivity contribution in [3.8, 4) is 5.75 Å². The van der Waals surface area contributed by atoms with Gasteiger partial charge in [0.2, 0.25) is 0 Å². The lowest BCUT2D eigenvalue weighted by Crippen LogP contribution is -2.09. The molecule has 5 nitrogen and oxygen atoms in total. The fraction of sp³-hybridized carbons (Fsp3) is 0.0556. The maximum atomic E-state index is 12.1. The summed E-state index contributed by atoms with van der Waals surface area (Å²) in [7, 11) is 0. The fourth-order valence-electron chi connectivity index (χ4n) is 2.11. The largest absolute Gasteiger partial charge is 0.423 e. The van der Waals surface area contributed by atoms with Crippen LogP contribution in [0.2, 0.25) is 0 Å². The molecule has 1 aliphatic rings. The minimum absolute atomic E-state index is 0.410. The number of benzene rings is 2. The van der Waals surface area contributed by atoms with Crippen molar-refractivity contribution in [2.75, 3.05) is 0 Å². The molecule has 2 aromatic carbocycles. The molecule has 0 fully saturated rings. The molecule has 0 unspecified atom stereocenters. The van der Waals surface area contributed by atoms with Gasteiger partial charge in [-0.1, -0.05) is 29.4 Å². The third-order valence-corrected chi connectivity index (χ3v) is 4.06. The van der Waals surface area contributed by atoms with Crippen LogP contribution in [0.1, 0.15) is 22.8 Å². The third-order valence-electron chi connectivity index (χ3n) is 3.37. The summed E-state index contributed by atoms with van der Waals surface area (Å²) < 4.78 is 6.02. The third kappa shape index (κ3) is 3.44. The normalized spacial score (nSPS) is 15.2. The molecule has 120 valence electrons. The fourth-order valence-corrected chi connectivity index (χ4v) is 2.55. The second-order valence-electron chi connectivity index (χ2n) is 5.05. The van der Waals surface area contributed by atoms with Crippen molar-refractivity contribution in [2.45, 2.75) is 6.92 Å². The van der Waals surface area contributed by atoms with Crippen LogP contribution in [0, 0.1) is 0 Å². The van der Waals surface area contributed by atoms with E-state index in [1.54, 1.807) is 55.5 Å². The van der Waals surface area contributed by atoms with E-state index in [1.807, 2.05) is 6.07 Å². The van der Waals surface area contributed by atoms with Gasteiger partial charge in [-0.15, -0.1) is 0 Å². The van der Waals surface area contributed by atoms with Gasteiger partial charge in [-0.05, 0) is 58.8 Å². The lowest BCUT2D eigenvalue weighted by molar-refractivity contribution is -0.136. The van der Waals surface area contributed by atoms with Crippen LogP contribution in [-0.4, -0.2) is 17.7 Å². The molecule has 0 bridgehead atoms. The predicted octanol–water partition coefficient (Wildman–Crippen LogP) is 3.98. The summed E-state index contributed by atoms with van der Waals surface area (Å²) in [5, 5.41) is 3.62. The number of rotatable bonds is 3. The molecule has 0 spiro atoms.